The van der Waals surface area contributed by atoms with Gasteiger partial charge < -0.3 is 15.5 Å². The lowest BCUT2D eigenvalue weighted by Gasteiger charge is -2.34. The van der Waals surface area contributed by atoms with Crippen LogP contribution in [0.3, 0.4) is 0 Å². The molecule has 4 nitrogen and oxygen atoms in total. The van der Waals surface area contributed by atoms with Gasteiger partial charge in [-0.1, -0.05) is 19.9 Å². The van der Waals surface area contributed by atoms with Gasteiger partial charge >= 0.3 is 0 Å². The molecule has 0 aromatic heterocycles. The molecule has 1 aliphatic rings. The number of hydrogen-bond acceptors (Lipinski definition) is 2. The molecule has 1 atom stereocenters. The zero-order valence-corrected chi connectivity index (χ0v) is 16.0. The van der Waals surface area contributed by atoms with Gasteiger partial charge in [0.1, 0.15) is 0 Å². The number of hydrogen-bond donors (Lipinski definition) is 2. The van der Waals surface area contributed by atoms with Gasteiger partial charge in [-0.15, -0.1) is 0 Å². The van der Waals surface area contributed by atoms with E-state index in [1.807, 2.05) is 6.07 Å². The number of benzene rings is 1. The highest BCUT2D eigenvalue weighted by molar-refractivity contribution is 7.80. The normalized spacial score (nSPS) is 17.7. The maximum atomic E-state index is 12.3. The van der Waals surface area contributed by atoms with E-state index in [4.69, 9.17) is 12.2 Å². The van der Waals surface area contributed by atoms with Crippen molar-refractivity contribution in [1.29, 1.82) is 0 Å². The number of anilines is 1. The fourth-order valence-corrected chi connectivity index (χ4v) is 3.13. The van der Waals surface area contributed by atoms with E-state index in [9.17, 15) is 4.79 Å². The largest absolute Gasteiger partial charge is 0.356 e. The second-order valence-corrected chi connectivity index (χ2v) is 7.54. The van der Waals surface area contributed by atoms with Gasteiger partial charge in [-0.25, -0.2) is 0 Å². The number of aryl methyl sites for hydroxylation is 2. The number of likely N-dealkylation sites (tertiary alicyclic amines) is 1. The van der Waals surface area contributed by atoms with Crippen LogP contribution in [-0.4, -0.2) is 35.6 Å². The van der Waals surface area contributed by atoms with Crippen LogP contribution >= 0.6 is 12.2 Å². The average Bonchev–Trinajstić information content (AvgIpc) is 2.56. The molecular weight excluding hydrogens is 318 g/mol. The molecule has 2 rings (SSSR count). The molecule has 0 saturated carbocycles. The van der Waals surface area contributed by atoms with E-state index >= 15 is 0 Å². The van der Waals surface area contributed by atoms with E-state index in [0.29, 0.717) is 17.6 Å². The molecule has 1 fully saturated rings. The summed E-state index contributed by atoms with van der Waals surface area (Å²) in [4.78, 5) is 14.4. The minimum Gasteiger partial charge on any atom is -0.356 e. The number of nitrogens with zero attached hydrogens (tertiary/aromatic N) is 1. The minimum atomic E-state index is 0.0250. The fraction of sp³-hybridized carbons (Fsp3) is 0.579. The zero-order valence-electron chi connectivity index (χ0n) is 15.2. The highest BCUT2D eigenvalue weighted by atomic mass is 32.1. The fourth-order valence-electron chi connectivity index (χ4n) is 2.85. The third-order valence-corrected chi connectivity index (χ3v) is 4.88. The Balaban J connectivity index is 1.92. The molecule has 0 bridgehead atoms. The van der Waals surface area contributed by atoms with Crippen molar-refractivity contribution in [2.45, 2.75) is 40.5 Å². The maximum absolute atomic E-state index is 12.3. The van der Waals surface area contributed by atoms with Crippen LogP contribution in [0.15, 0.2) is 18.2 Å². The number of nitrogens with one attached hydrogen (secondary N) is 2. The number of thiocarbonyl (C=S) groups is 1. The molecule has 132 valence electrons. The summed E-state index contributed by atoms with van der Waals surface area (Å²) in [6.07, 6.45) is 1.93. The highest BCUT2D eigenvalue weighted by Crippen LogP contribution is 2.19. The first kappa shape index (κ1) is 18.7. The lowest BCUT2D eigenvalue weighted by molar-refractivity contribution is -0.126. The van der Waals surface area contributed by atoms with Crippen molar-refractivity contribution in [1.82, 2.24) is 10.2 Å². The van der Waals surface area contributed by atoms with Crippen LogP contribution in [-0.2, 0) is 4.79 Å². The third-order valence-electron chi connectivity index (χ3n) is 4.52. The number of carbonyl (C=O) groups excluding carboxylic acids is 1. The van der Waals surface area contributed by atoms with Gasteiger partial charge in [-0.3, -0.25) is 4.79 Å². The van der Waals surface area contributed by atoms with Crippen LogP contribution < -0.4 is 10.6 Å². The van der Waals surface area contributed by atoms with Gasteiger partial charge in [-0.05, 0) is 68.1 Å². The van der Waals surface area contributed by atoms with Crippen molar-refractivity contribution in [3.05, 3.63) is 29.3 Å². The van der Waals surface area contributed by atoms with E-state index < -0.39 is 0 Å². The molecule has 24 heavy (non-hydrogen) atoms. The number of rotatable bonds is 4. The zero-order chi connectivity index (χ0) is 17.7. The molecule has 1 saturated heterocycles. The molecule has 1 aliphatic heterocycles. The van der Waals surface area contributed by atoms with Crippen molar-refractivity contribution < 1.29 is 4.79 Å². The molecule has 0 spiro atoms. The summed E-state index contributed by atoms with van der Waals surface area (Å²) in [7, 11) is 0. The molecule has 1 amide bonds. The monoisotopic (exact) mass is 347 g/mol. The first-order valence-electron chi connectivity index (χ1n) is 8.77. The molecular formula is C19H29N3OS. The van der Waals surface area contributed by atoms with Gasteiger partial charge in [0.25, 0.3) is 0 Å². The van der Waals surface area contributed by atoms with Crippen molar-refractivity contribution >= 4 is 28.9 Å². The van der Waals surface area contributed by atoms with E-state index in [1.54, 1.807) is 0 Å². The van der Waals surface area contributed by atoms with Gasteiger partial charge in [-0.2, -0.15) is 0 Å². The Morgan fingerprint density at radius 2 is 2.08 bits per heavy atom. The van der Waals surface area contributed by atoms with Crippen molar-refractivity contribution in [2.24, 2.45) is 11.8 Å². The molecule has 0 aliphatic carbocycles. The summed E-state index contributed by atoms with van der Waals surface area (Å²) in [5.74, 6) is 0.653. The molecule has 5 heteroatoms. The van der Waals surface area contributed by atoms with Crippen LogP contribution in [0.4, 0.5) is 5.69 Å². The first-order valence-corrected chi connectivity index (χ1v) is 9.18. The Labute approximate surface area is 151 Å². The predicted octanol–water partition coefficient (Wildman–Crippen LogP) is 3.48. The lowest BCUT2D eigenvalue weighted by Crippen LogP contribution is -2.47. The lowest BCUT2D eigenvalue weighted by atomic mass is 9.97. The van der Waals surface area contributed by atoms with Crippen LogP contribution in [0.5, 0.6) is 0 Å². The number of piperidine rings is 1. The van der Waals surface area contributed by atoms with Crippen LogP contribution in [0.25, 0.3) is 0 Å². The first-order chi connectivity index (χ1) is 11.4. The quantitative estimate of drug-likeness (QED) is 0.819. The van der Waals surface area contributed by atoms with E-state index in [0.717, 1.165) is 31.6 Å². The van der Waals surface area contributed by atoms with Crippen molar-refractivity contribution in [3.8, 4) is 0 Å². The Hall–Kier alpha value is -1.62. The summed E-state index contributed by atoms with van der Waals surface area (Å²) in [5, 5.41) is 7.07. The smallest absolute Gasteiger partial charge is 0.224 e. The topological polar surface area (TPSA) is 44.4 Å². The molecule has 2 N–H and O–H groups in total. The second kappa shape index (κ2) is 8.47. The predicted molar refractivity (Wildman–Crippen MR) is 104 cm³/mol. The van der Waals surface area contributed by atoms with Gasteiger partial charge in [0.05, 0.1) is 5.92 Å². The molecule has 1 heterocycles. The molecule has 1 aromatic carbocycles. The van der Waals surface area contributed by atoms with Gasteiger partial charge in [0, 0.05) is 25.3 Å². The Bertz CT molecular complexity index is 600. The SMILES string of the molecule is Cc1ccc(NC(=S)N2CCCC(C(=O)NCC(C)C)C2)cc1C. The molecule has 1 aromatic rings. The third kappa shape index (κ3) is 5.20. The van der Waals surface area contributed by atoms with Crippen LogP contribution in [0.2, 0.25) is 0 Å². The summed E-state index contributed by atoms with van der Waals surface area (Å²) in [6, 6.07) is 6.25. The van der Waals surface area contributed by atoms with Gasteiger partial charge in [0.15, 0.2) is 5.11 Å². The summed E-state index contributed by atoms with van der Waals surface area (Å²) in [5.41, 5.74) is 3.52. The molecule has 1 unspecified atom stereocenters. The maximum Gasteiger partial charge on any atom is 0.224 e. The van der Waals surface area contributed by atoms with Crippen LogP contribution in [0, 0.1) is 25.7 Å². The number of carbonyl (C=O) groups is 1. The van der Waals surface area contributed by atoms with Gasteiger partial charge in [0.2, 0.25) is 5.91 Å². The number of amides is 1. The van der Waals surface area contributed by atoms with Crippen molar-refractivity contribution in [2.75, 3.05) is 25.0 Å². The van der Waals surface area contributed by atoms with Crippen LogP contribution in [0.1, 0.15) is 37.8 Å². The highest BCUT2D eigenvalue weighted by Gasteiger charge is 2.27. The Kier molecular flexibility index (Phi) is 6.60. The van der Waals surface area contributed by atoms with E-state index in [-0.39, 0.29) is 11.8 Å². The summed E-state index contributed by atoms with van der Waals surface area (Å²) in [6.45, 7) is 10.8. The molecule has 0 radical (unpaired) electrons. The average molecular weight is 348 g/mol. The second-order valence-electron chi connectivity index (χ2n) is 7.15. The standard InChI is InChI=1S/C19H29N3OS/c1-13(2)11-20-18(23)16-6-5-9-22(12-16)19(24)21-17-8-7-14(3)15(4)10-17/h7-8,10,13,16H,5-6,9,11-12H2,1-4H3,(H,20,23)(H,21,24). The Morgan fingerprint density at radius 1 is 1.33 bits per heavy atom. The minimum absolute atomic E-state index is 0.0250. The Morgan fingerprint density at radius 3 is 2.75 bits per heavy atom. The van der Waals surface area contributed by atoms with E-state index in [1.165, 1.54) is 11.1 Å². The summed E-state index contributed by atoms with van der Waals surface area (Å²) < 4.78 is 0. The van der Waals surface area contributed by atoms with Crippen molar-refractivity contribution in [3.63, 3.8) is 0 Å². The summed E-state index contributed by atoms with van der Waals surface area (Å²) >= 11 is 5.56. The van der Waals surface area contributed by atoms with E-state index in [2.05, 4.69) is 55.4 Å².